The van der Waals surface area contributed by atoms with Crippen molar-refractivity contribution in [2.45, 2.75) is 12.5 Å². The van der Waals surface area contributed by atoms with E-state index in [1.165, 1.54) is 0 Å². The first-order valence-electron chi connectivity index (χ1n) is 6.62. The molecular weight excluding hydrogens is 322 g/mol. The number of nitro groups is 2. The Balaban J connectivity index is 2.58. The van der Waals surface area contributed by atoms with E-state index in [0.717, 1.165) is 4.57 Å². The summed E-state index contributed by atoms with van der Waals surface area (Å²) in [5.41, 5.74) is -2.86. The number of rotatable bonds is 6. The number of carbonyl (C=O) groups is 1. The van der Waals surface area contributed by atoms with E-state index in [4.69, 9.17) is 0 Å². The SMILES string of the molecule is O=C(O)[C@H](Cc1ccccc1)n1cc([N+](=O)[O-])c(=O)c([N+](=O)[O-])c1. The molecule has 0 bridgehead atoms. The molecule has 0 unspecified atom stereocenters. The largest absolute Gasteiger partial charge is 0.480 e. The first-order valence-corrected chi connectivity index (χ1v) is 6.62. The number of hydrogen-bond acceptors (Lipinski definition) is 6. The molecule has 1 atom stereocenters. The highest BCUT2D eigenvalue weighted by Crippen LogP contribution is 2.20. The molecule has 1 aromatic heterocycles. The molecule has 124 valence electrons. The summed E-state index contributed by atoms with van der Waals surface area (Å²) >= 11 is 0. The van der Waals surface area contributed by atoms with Crippen LogP contribution < -0.4 is 5.43 Å². The molecule has 24 heavy (non-hydrogen) atoms. The fraction of sp³-hybridized carbons (Fsp3) is 0.143. The third-order valence-corrected chi connectivity index (χ3v) is 3.32. The van der Waals surface area contributed by atoms with Crippen molar-refractivity contribution >= 4 is 17.3 Å². The predicted octanol–water partition coefficient (Wildman–Crippen LogP) is 1.53. The van der Waals surface area contributed by atoms with Gasteiger partial charge in [0.25, 0.3) is 0 Å². The molecule has 0 aliphatic carbocycles. The van der Waals surface area contributed by atoms with Crippen molar-refractivity contribution < 1.29 is 19.7 Å². The summed E-state index contributed by atoms with van der Waals surface area (Å²) in [6.07, 6.45) is 1.35. The van der Waals surface area contributed by atoms with Gasteiger partial charge in [-0.05, 0) is 5.56 Å². The van der Waals surface area contributed by atoms with Crippen molar-refractivity contribution in [2.75, 3.05) is 0 Å². The first-order chi connectivity index (χ1) is 11.3. The standard InChI is InChI=1S/C14H11N3O7/c18-13-11(16(21)22)7-15(8-12(13)17(23)24)10(14(19)20)6-9-4-2-1-3-5-9/h1-5,7-8,10H,6H2,(H,19,20)/t10-/m0/s1. The molecular formula is C14H11N3O7. The smallest absolute Gasteiger partial charge is 0.339 e. The second kappa shape index (κ2) is 6.69. The highest BCUT2D eigenvalue weighted by molar-refractivity contribution is 5.72. The summed E-state index contributed by atoms with van der Waals surface area (Å²) in [6, 6.07) is 7.07. The average Bonchev–Trinajstić information content (AvgIpc) is 2.53. The molecule has 0 fully saturated rings. The fourth-order valence-corrected chi connectivity index (χ4v) is 2.17. The Hall–Kier alpha value is -3.56. The molecule has 2 aromatic rings. The van der Waals surface area contributed by atoms with Gasteiger partial charge in [0, 0.05) is 6.42 Å². The minimum Gasteiger partial charge on any atom is -0.480 e. The van der Waals surface area contributed by atoms with Crippen molar-refractivity contribution in [1.82, 2.24) is 4.57 Å². The molecule has 10 heteroatoms. The Bertz CT molecular complexity index is 822. The Morgan fingerprint density at radius 3 is 2.00 bits per heavy atom. The molecule has 1 aromatic carbocycles. The topological polar surface area (TPSA) is 146 Å². The number of hydrogen-bond donors (Lipinski definition) is 1. The van der Waals surface area contributed by atoms with Gasteiger partial charge in [0.05, 0.1) is 22.2 Å². The van der Waals surface area contributed by atoms with E-state index < -0.39 is 38.7 Å². The number of nitrogens with zero attached hydrogens (tertiary/aromatic N) is 3. The Morgan fingerprint density at radius 2 is 1.58 bits per heavy atom. The van der Waals surface area contributed by atoms with Crippen LogP contribution in [0.25, 0.3) is 0 Å². The average molecular weight is 333 g/mol. The van der Waals surface area contributed by atoms with Gasteiger partial charge in [-0.25, -0.2) is 4.79 Å². The molecule has 0 aliphatic heterocycles. The van der Waals surface area contributed by atoms with Crippen LogP contribution >= 0.6 is 0 Å². The van der Waals surface area contributed by atoms with Crippen molar-refractivity contribution in [3.63, 3.8) is 0 Å². The van der Waals surface area contributed by atoms with Crippen LogP contribution in [0.4, 0.5) is 11.4 Å². The molecule has 0 amide bonds. The first kappa shape index (κ1) is 16.8. The van der Waals surface area contributed by atoms with E-state index in [1.807, 2.05) is 0 Å². The minimum atomic E-state index is -1.37. The fourth-order valence-electron chi connectivity index (χ4n) is 2.17. The van der Waals surface area contributed by atoms with Gasteiger partial charge in [0.1, 0.15) is 6.04 Å². The lowest BCUT2D eigenvalue weighted by molar-refractivity contribution is -0.397. The van der Waals surface area contributed by atoms with Crippen LogP contribution in [0.15, 0.2) is 47.5 Å². The quantitative estimate of drug-likeness (QED) is 0.623. The van der Waals surface area contributed by atoms with Crippen LogP contribution in [0.3, 0.4) is 0 Å². The third kappa shape index (κ3) is 3.43. The maximum absolute atomic E-state index is 11.7. The van der Waals surface area contributed by atoms with Crippen LogP contribution in [0, 0.1) is 20.2 Å². The van der Waals surface area contributed by atoms with Crippen molar-refractivity contribution in [1.29, 1.82) is 0 Å². The van der Waals surface area contributed by atoms with Crippen LogP contribution in [0.2, 0.25) is 0 Å². The normalized spacial score (nSPS) is 11.7. The van der Waals surface area contributed by atoms with E-state index in [-0.39, 0.29) is 6.42 Å². The molecule has 10 nitrogen and oxygen atoms in total. The van der Waals surface area contributed by atoms with Crippen LogP contribution in [0.1, 0.15) is 11.6 Å². The third-order valence-electron chi connectivity index (χ3n) is 3.32. The second-order valence-electron chi connectivity index (χ2n) is 4.86. The van der Waals surface area contributed by atoms with Gasteiger partial charge in [-0.2, -0.15) is 0 Å². The molecule has 0 saturated heterocycles. The van der Waals surface area contributed by atoms with Crippen molar-refractivity contribution in [3.05, 3.63) is 78.7 Å². The number of aliphatic carboxylic acids is 1. The zero-order valence-electron chi connectivity index (χ0n) is 12.1. The van der Waals surface area contributed by atoms with Crippen LogP contribution in [-0.2, 0) is 11.2 Å². The molecule has 0 spiro atoms. The second-order valence-corrected chi connectivity index (χ2v) is 4.86. The van der Waals surface area contributed by atoms with Gasteiger partial charge in [-0.1, -0.05) is 30.3 Å². The monoisotopic (exact) mass is 333 g/mol. The number of aromatic nitrogens is 1. The van der Waals surface area contributed by atoms with Crippen LogP contribution in [-0.4, -0.2) is 25.5 Å². The van der Waals surface area contributed by atoms with Crippen molar-refractivity contribution in [2.24, 2.45) is 0 Å². The zero-order chi connectivity index (χ0) is 17.9. The van der Waals surface area contributed by atoms with Gasteiger partial charge >= 0.3 is 22.8 Å². The molecule has 0 aliphatic rings. The predicted molar refractivity (Wildman–Crippen MR) is 80.8 cm³/mol. The lowest BCUT2D eigenvalue weighted by atomic mass is 10.1. The van der Waals surface area contributed by atoms with E-state index in [0.29, 0.717) is 18.0 Å². The summed E-state index contributed by atoms with van der Waals surface area (Å²) in [7, 11) is 0. The Labute approximate surface area is 133 Å². The van der Waals surface area contributed by atoms with E-state index in [9.17, 15) is 34.9 Å². The number of benzene rings is 1. The molecule has 0 saturated carbocycles. The maximum Gasteiger partial charge on any atom is 0.339 e. The number of carboxylic acid groups (broad SMARTS) is 1. The lowest BCUT2D eigenvalue weighted by Gasteiger charge is -2.16. The minimum absolute atomic E-state index is 0.0622. The molecule has 1 heterocycles. The summed E-state index contributed by atoms with van der Waals surface area (Å²) in [5, 5.41) is 31.2. The molecule has 1 N–H and O–H groups in total. The summed E-state index contributed by atoms with van der Waals surface area (Å²) in [6.45, 7) is 0. The van der Waals surface area contributed by atoms with E-state index in [2.05, 4.69) is 0 Å². The number of carboxylic acids is 1. The lowest BCUT2D eigenvalue weighted by Crippen LogP contribution is -2.24. The maximum atomic E-state index is 11.7. The Kier molecular flexibility index (Phi) is 4.68. The van der Waals surface area contributed by atoms with Gasteiger partial charge < -0.3 is 9.67 Å². The molecule has 2 rings (SSSR count). The highest BCUT2D eigenvalue weighted by atomic mass is 16.6. The summed E-state index contributed by atoms with van der Waals surface area (Å²) in [4.78, 5) is 42.9. The van der Waals surface area contributed by atoms with Gasteiger partial charge in [-0.3, -0.25) is 25.0 Å². The Morgan fingerprint density at radius 1 is 1.08 bits per heavy atom. The van der Waals surface area contributed by atoms with Gasteiger partial charge in [-0.15, -0.1) is 0 Å². The summed E-state index contributed by atoms with van der Waals surface area (Å²) < 4.78 is 0.812. The van der Waals surface area contributed by atoms with Crippen LogP contribution in [0.5, 0.6) is 0 Å². The van der Waals surface area contributed by atoms with Crippen molar-refractivity contribution in [3.8, 4) is 0 Å². The highest BCUT2D eigenvalue weighted by Gasteiger charge is 2.29. The number of pyridine rings is 1. The molecule has 0 radical (unpaired) electrons. The van der Waals surface area contributed by atoms with Gasteiger partial charge in [0.15, 0.2) is 0 Å². The zero-order valence-corrected chi connectivity index (χ0v) is 12.1. The van der Waals surface area contributed by atoms with E-state index in [1.54, 1.807) is 30.3 Å². The summed E-state index contributed by atoms with van der Waals surface area (Å²) in [5.74, 6) is -1.34. The van der Waals surface area contributed by atoms with E-state index >= 15 is 0 Å². The van der Waals surface area contributed by atoms with Gasteiger partial charge in [0.2, 0.25) is 0 Å².